The molecule has 0 spiro atoms. The summed E-state index contributed by atoms with van der Waals surface area (Å²) < 4.78 is 5.33. The van der Waals surface area contributed by atoms with Gasteiger partial charge in [0.2, 0.25) is 0 Å². The van der Waals surface area contributed by atoms with E-state index >= 15 is 0 Å². The zero-order valence-corrected chi connectivity index (χ0v) is 19.7. The van der Waals surface area contributed by atoms with Gasteiger partial charge < -0.3 is 10.5 Å². The lowest BCUT2D eigenvalue weighted by molar-refractivity contribution is 0.594. The molecule has 0 fully saturated rings. The second kappa shape index (κ2) is 9.07. The van der Waals surface area contributed by atoms with E-state index in [0.717, 1.165) is 27.7 Å². The SMILES string of the molecule is Cc1cc(NSc2ccc(C(C)(C)C)c(P)c2)n(-c2ccccc2/C=C\C(=N)N)n1. The van der Waals surface area contributed by atoms with Crippen LogP contribution in [0, 0.1) is 12.3 Å². The summed E-state index contributed by atoms with van der Waals surface area (Å²) in [7, 11) is 2.85. The molecule has 156 valence electrons. The number of hydrogen-bond donors (Lipinski definition) is 3. The normalized spacial score (nSPS) is 11.8. The quantitative estimate of drug-likeness (QED) is 0.218. The summed E-state index contributed by atoms with van der Waals surface area (Å²) in [5.74, 6) is 0.897. The Hall–Kier alpha value is -2.56. The van der Waals surface area contributed by atoms with E-state index in [4.69, 9.17) is 11.1 Å². The molecule has 1 atom stereocenters. The molecule has 1 heterocycles. The number of hydrogen-bond acceptors (Lipinski definition) is 4. The number of benzene rings is 2. The summed E-state index contributed by atoms with van der Waals surface area (Å²) in [6.07, 6.45) is 3.41. The molecule has 3 rings (SSSR count). The molecule has 7 heteroatoms. The molecule has 1 aromatic heterocycles. The van der Waals surface area contributed by atoms with Crippen LogP contribution in [0.5, 0.6) is 0 Å². The van der Waals surface area contributed by atoms with Crippen LogP contribution in [0.25, 0.3) is 11.8 Å². The summed E-state index contributed by atoms with van der Waals surface area (Å²) >= 11 is 1.56. The predicted molar refractivity (Wildman–Crippen MR) is 133 cm³/mol. The maximum atomic E-state index is 7.45. The van der Waals surface area contributed by atoms with Gasteiger partial charge in [-0.25, -0.2) is 4.68 Å². The van der Waals surface area contributed by atoms with E-state index < -0.39 is 0 Å². The minimum absolute atomic E-state index is 0.0160. The molecule has 4 N–H and O–H groups in total. The Bertz CT molecular complexity index is 1100. The van der Waals surface area contributed by atoms with Crippen molar-refractivity contribution in [3.8, 4) is 5.69 Å². The fraction of sp³-hybridized carbons (Fsp3) is 0.217. The molecule has 1 unspecified atom stereocenters. The molecule has 0 aliphatic heterocycles. The van der Waals surface area contributed by atoms with Gasteiger partial charge in [0, 0.05) is 16.5 Å². The van der Waals surface area contributed by atoms with E-state index in [9.17, 15) is 0 Å². The van der Waals surface area contributed by atoms with Crippen LogP contribution in [-0.4, -0.2) is 15.6 Å². The third-order valence-corrected chi connectivity index (χ3v) is 5.82. The summed E-state index contributed by atoms with van der Waals surface area (Å²) in [5.41, 5.74) is 9.68. The number of aromatic nitrogens is 2. The highest BCUT2D eigenvalue weighted by molar-refractivity contribution is 8.00. The van der Waals surface area contributed by atoms with Gasteiger partial charge in [0.25, 0.3) is 0 Å². The standard InChI is InChI=1S/C23H28N5PS/c1-15-13-22(27-30-17-10-11-18(20(29)14-17)23(2,3)4)28(26-15)19-8-6-5-7-16(19)9-12-21(24)25/h5-14,27H,29H2,1-4H3,(H3,24,25)/b12-9-. The van der Waals surface area contributed by atoms with E-state index in [-0.39, 0.29) is 11.3 Å². The molecule has 0 aliphatic rings. The minimum Gasteiger partial charge on any atom is -0.384 e. The zero-order chi connectivity index (χ0) is 21.9. The zero-order valence-electron chi connectivity index (χ0n) is 17.7. The summed E-state index contributed by atoms with van der Waals surface area (Å²) in [5, 5.41) is 13.3. The van der Waals surface area contributed by atoms with E-state index in [1.807, 2.05) is 48.0 Å². The van der Waals surface area contributed by atoms with Crippen LogP contribution >= 0.6 is 21.2 Å². The number of nitrogens with one attached hydrogen (secondary N) is 2. The van der Waals surface area contributed by atoms with Crippen molar-refractivity contribution in [2.45, 2.75) is 38.0 Å². The van der Waals surface area contributed by atoms with Gasteiger partial charge in [-0.1, -0.05) is 45.0 Å². The lowest BCUT2D eigenvalue weighted by Crippen LogP contribution is -2.18. The van der Waals surface area contributed by atoms with Crippen molar-refractivity contribution in [3.63, 3.8) is 0 Å². The van der Waals surface area contributed by atoms with Crippen molar-refractivity contribution >= 4 is 44.2 Å². The first-order valence-corrected chi connectivity index (χ1v) is 11.1. The third kappa shape index (κ3) is 5.32. The first-order valence-electron chi connectivity index (χ1n) is 9.66. The molecule has 0 aliphatic carbocycles. The molecule has 0 saturated carbocycles. The van der Waals surface area contributed by atoms with Gasteiger partial charge in [-0.15, -0.1) is 9.24 Å². The molecule has 2 aromatic carbocycles. The number of para-hydroxylation sites is 1. The monoisotopic (exact) mass is 437 g/mol. The first-order chi connectivity index (χ1) is 14.1. The first kappa shape index (κ1) is 22.1. The smallest absolute Gasteiger partial charge is 0.140 e. The Morgan fingerprint density at radius 2 is 1.93 bits per heavy atom. The van der Waals surface area contributed by atoms with Crippen LogP contribution in [0.3, 0.4) is 0 Å². The lowest BCUT2D eigenvalue weighted by Gasteiger charge is -2.22. The van der Waals surface area contributed by atoms with Crippen LogP contribution in [0.1, 0.15) is 37.6 Å². The average molecular weight is 438 g/mol. The van der Waals surface area contributed by atoms with Crippen LogP contribution < -0.4 is 15.8 Å². The minimum atomic E-state index is 0.0160. The van der Waals surface area contributed by atoms with Crippen molar-refractivity contribution in [2.24, 2.45) is 5.73 Å². The summed E-state index contributed by atoms with van der Waals surface area (Å²) in [6.45, 7) is 8.64. The van der Waals surface area contributed by atoms with Crippen molar-refractivity contribution in [1.82, 2.24) is 9.78 Å². The van der Waals surface area contributed by atoms with E-state index in [1.54, 1.807) is 18.0 Å². The second-order valence-corrected chi connectivity index (χ2v) is 9.64. The second-order valence-electron chi connectivity index (χ2n) is 8.13. The van der Waals surface area contributed by atoms with E-state index in [1.165, 1.54) is 10.9 Å². The highest BCUT2D eigenvalue weighted by atomic mass is 32.2. The van der Waals surface area contributed by atoms with Crippen LogP contribution in [0.15, 0.2) is 59.5 Å². The lowest BCUT2D eigenvalue weighted by atomic mass is 9.87. The maximum absolute atomic E-state index is 7.45. The van der Waals surface area contributed by atoms with Crippen molar-refractivity contribution in [3.05, 3.63) is 71.4 Å². The third-order valence-electron chi connectivity index (χ3n) is 4.54. The van der Waals surface area contributed by atoms with Gasteiger partial charge in [-0.3, -0.25) is 5.41 Å². The molecule has 0 amide bonds. The number of aryl methyl sites for hydroxylation is 1. The van der Waals surface area contributed by atoms with Crippen LogP contribution in [0.4, 0.5) is 5.82 Å². The molecule has 0 saturated heterocycles. The topological polar surface area (TPSA) is 79.7 Å². The number of nitrogens with two attached hydrogens (primary N) is 1. The fourth-order valence-electron chi connectivity index (χ4n) is 3.16. The maximum Gasteiger partial charge on any atom is 0.140 e. The van der Waals surface area contributed by atoms with Gasteiger partial charge in [0.05, 0.1) is 11.4 Å². The Balaban J connectivity index is 1.87. The number of nitrogens with zero attached hydrogens (tertiary/aromatic N) is 2. The Labute approximate surface area is 185 Å². The van der Waals surface area contributed by atoms with Crippen LogP contribution in [0.2, 0.25) is 0 Å². The molecule has 3 aromatic rings. The van der Waals surface area contributed by atoms with E-state index in [0.29, 0.717) is 0 Å². The molecular weight excluding hydrogens is 409 g/mol. The van der Waals surface area contributed by atoms with E-state index in [2.05, 4.69) is 58.0 Å². The highest BCUT2D eigenvalue weighted by Crippen LogP contribution is 2.28. The van der Waals surface area contributed by atoms with Crippen molar-refractivity contribution < 1.29 is 0 Å². The largest absolute Gasteiger partial charge is 0.384 e. The van der Waals surface area contributed by atoms with Gasteiger partial charge in [0.15, 0.2) is 0 Å². The predicted octanol–water partition coefficient (Wildman–Crippen LogP) is 5.05. The summed E-state index contributed by atoms with van der Waals surface area (Å²) in [4.78, 5) is 1.13. The Morgan fingerprint density at radius 1 is 1.20 bits per heavy atom. The molecule has 0 radical (unpaired) electrons. The molecular formula is C23H28N5PS. The van der Waals surface area contributed by atoms with Crippen molar-refractivity contribution in [2.75, 3.05) is 4.72 Å². The van der Waals surface area contributed by atoms with Gasteiger partial charge in [-0.2, -0.15) is 5.10 Å². The number of amidine groups is 1. The van der Waals surface area contributed by atoms with Crippen molar-refractivity contribution in [1.29, 1.82) is 5.41 Å². The number of rotatable bonds is 6. The van der Waals surface area contributed by atoms with Gasteiger partial charge in [-0.05, 0) is 65.5 Å². The molecule has 5 nitrogen and oxygen atoms in total. The van der Waals surface area contributed by atoms with Gasteiger partial charge >= 0.3 is 0 Å². The van der Waals surface area contributed by atoms with Gasteiger partial charge in [0.1, 0.15) is 11.7 Å². The summed E-state index contributed by atoms with van der Waals surface area (Å²) in [6, 6.07) is 16.4. The molecule has 30 heavy (non-hydrogen) atoms. The average Bonchev–Trinajstić information content (AvgIpc) is 3.04. The molecule has 0 bridgehead atoms. The highest BCUT2D eigenvalue weighted by Gasteiger charge is 2.17. The van der Waals surface area contributed by atoms with Crippen LogP contribution in [-0.2, 0) is 5.41 Å². The Morgan fingerprint density at radius 3 is 2.60 bits per heavy atom. The Kier molecular flexibility index (Phi) is 6.69. The fourth-order valence-corrected chi connectivity index (χ4v) is 4.67. The number of anilines is 1.